The van der Waals surface area contributed by atoms with Crippen molar-refractivity contribution in [2.45, 2.75) is 26.5 Å². The van der Waals surface area contributed by atoms with Gasteiger partial charge < -0.3 is 15.4 Å². The summed E-state index contributed by atoms with van der Waals surface area (Å²) in [6.45, 7) is 2.88. The van der Waals surface area contributed by atoms with Crippen LogP contribution < -0.4 is 10.6 Å². The standard InChI is InChI=1S/C19H19BrN2O5S/c1-11(18(25)16-8-7-15(28-16)9-21-12(2)23)27-17(24)10-22-19(26)13-3-5-14(20)6-4-13/h3-8,11H,9-10H2,1-2H3,(H,21,23)(H,22,26). The van der Waals surface area contributed by atoms with E-state index in [0.29, 0.717) is 17.0 Å². The molecule has 0 fully saturated rings. The van der Waals surface area contributed by atoms with Gasteiger partial charge in [-0.05, 0) is 43.3 Å². The van der Waals surface area contributed by atoms with E-state index in [4.69, 9.17) is 4.74 Å². The predicted octanol–water partition coefficient (Wildman–Crippen LogP) is 2.69. The van der Waals surface area contributed by atoms with Crippen LogP contribution in [0.15, 0.2) is 40.9 Å². The summed E-state index contributed by atoms with van der Waals surface area (Å²) in [4.78, 5) is 48.5. The average molecular weight is 467 g/mol. The summed E-state index contributed by atoms with van der Waals surface area (Å²) < 4.78 is 5.94. The number of carbonyl (C=O) groups excluding carboxylic acids is 4. The van der Waals surface area contributed by atoms with Gasteiger partial charge in [-0.15, -0.1) is 11.3 Å². The Labute approximate surface area is 174 Å². The number of esters is 1. The number of rotatable bonds is 8. The maximum Gasteiger partial charge on any atom is 0.326 e. The molecule has 0 aliphatic heterocycles. The quantitative estimate of drug-likeness (QED) is 0.459. The molecule has 9 heteroatoms. The lowest BCUT2D eigenvalue weighted by atomic mass is 10.2. The Morgan fingerprint density at radius 1 is 1.07 bits per heavy atom. The topological polar surface area (TPSA) is 102 Å². The van der Waals surface area contributed by atoms with Crippen LogP contribution in [-0.4, -0.2) is 36.2 Å². The van der Waals surface area contributed by atoms with Crippen molar-refractivity contribution >= 4 is 50.8 Å². The molecule has 2 amide bonds. The molecule has 0 saturated heterocycles. The number of Topliss-reactive ketones (excluding diaryl/α,β-unsaturated/α-hetero) is 1. The molecule has 1 aromatic carbocycles. The fraction of sp³-hybridized carbons (Fsp3) is 0.263. The average Bonchev–Trinajstić information content (AvgIpc) is 3.13. The Bertz CT molecular complexity index is 879. The van der Waals surface area contributed by atoms with Gasteiger partial charge in [0.2, 0.25) is 11.7 Å². The molecular formula is C19H19BrN2O5S. The number of ketones is 1. The van der Waals surface area contributed by atoms with Gasteiger partial charge in [-0.2, -0.15) is 0 Å². The van der Waals surface area contributed by atoms with Crippen LogP contribution in [0.25, 0.3) is 0 Å². The van der Waals surface area contributed by atoms with Crippen LogP contribution in [0.4, 0.5) is 0 Å². The summed E-state index contributed by atoms with van der Waals surface area (Å²) >= 11 is 4.50. The molecular weight excluding hydrogens is 448 g/mol. The van der Waals surface area contributed by atoms with E-state index in [1.807, 2.05) is 0 Å². The molecule has 148 valence electrons. The molecule has 7 nitrogen and oxygen atoms in total. The van der Waals surface area contributed by atoms with E-state index in [1.165, 1.54) is 25.2 Å². The first-order chi connectivity index (χ1) is 13.3. The molecule has 2 aromatic rings. The highest BCUT2D eigenvalue weighted by atomic mass is 79.9. The molecule has 1 aromatic heterocycles. The Morgan fingerprint density at radius 2 is 1.75 bits per heavy atom. The third-order valence-corrected chi connectivity index (χ3v) is 5.22. The minimum Gasteiger partial charge on any atom is -0.453 e. The van der Waals surface area contributed by atoms with Gasteiger partial charge in [0.05, 0.1) is 11.4 Å². The van der Waals surface area contributed by atoms with E-state index < -0.39 is 18.0 Å². The Hall–Kier alpha value is -2.52. The second-order valence-electron chi connectivity index (χ2n) is 5.86. The SMILES string of the molecule is CC(=O)NCc1ccc(C(=O)C(C)OC(=O)CNC(=O)c2ccc(Br)cc2)s1. The molecule has 0 bridgehead atoms. The van der Waals surface area contributed by atoms with Gasteiger partial charge in [0.25, 0.3) is 5.91 Å². The van der Waals surface area contributed by atoms with Crippen LogP contribution in [0.3, 0.4) is 0 Å². The molecule has 0 aliphatic rings. The number of halogens is 1. The molecule has 0 aliphatic carbocycles. The van der Waals surface area contributed by atoms with E-state index in [-0.39, 0.29) is 18.2 Å². The molecule has 0 spiro atoms. The number of nitrogens with one attached hydrogen (secondary N) is 2. The lowest BCUT2D eigenvalue weighted by Gasteiger charge is -2.12. The second kappa shape index (κ2) is 10.1. The number of ether oxygens (including phenoxy) is 1. The lowest BCUT2D eigenvalue weighted by molar-refractivity contribution is -0.145. The van der Waals surface area contributed by atoms with E-state index in [2.05, 4.69) is 26.6 Å². The third kappa shape index (κ3) is 6.58. The minimum atomic E-state index is -0.982. The number of hydrogen-bond donors (Lipinski definition) is 2. The summed E-state index contributed by atoms with van der Waals surface area (Å²) in [6.07, 6.45) is -0.982. The highest BCUT2D eigenvalue weighted by Gasteiger charge is 2.21. The van der Waals surface area contributed by atoms with E-state index >= 15 is 0 Å². The molecule has 2 rings (SSSR count). The number of benzene rings is 1. The fourth-order valence-electron chi connectivity index (χ4n) is 2.17. The van der Waals surface area contributed by atoms with Crippen molar-refractivity contribution in [1.29, 1.82) is 0 Å². The number of amides is 2. The second-order valence-corrected chi connectivity index (χ2v) is 7.95. The van der Waals surface area contributed by atoms with Gasteiger partial charge in [-0.25, -0.2) is 0 Å². The highest BCUT2D eigenvalue weighted by molar-refractivity contribution is 9.10. The maximum absolute atomic E-state index is 12.4. The molecule has 0 radical (unpaired) electrons. The van der Waals surface area contributed by atoms with Gasteiger partial charge in [0.15, 0.2) is 6.10 Å². The first-order valence-electron chi connectivity index (χ1n) is 8.37. The van der Waals surface area contributed by atoms with Crippen molar-refractivity contribution in [3.05, 3.63) is 56.2 Å². The lowest BCUT2D eigenvalue weighted by Crippen LogP contribution is -2.33. The van der Waals surface area contributed by atoms with Crippen molar-refractivity contribution in [2.24, 2.45) is 0 Å². The molecule has 28 heavy (non-hydrogen) atoms. The summed E-state index contributed by atoms with van der Waals surface area (Å²) in [5.41, 5.74) is 0.408. The largest absolute Gasteiger partial charge is 0.453 e. The van der Waals surface area contributed by atoms with E-state index in [1.54, 1.807) is 36.4 Å². The molecule has 0 saturated carbocycles. The summed E-state index contributed by atoms with van der Waals surface area (Å²) in [7, 11) is 0. The monoisotopic (exact) mass is 466 g/mol. The Kier molecular flexibility index (Phi) is 7.89. The Balaban J connectivity index is 1.82. The van der Waals surface area contributed by atoms with Gasteiger partial charge in [0, 0.05) is 21.8 Å². The van der Waals surface area contributed by atoms with Crippen LogP contribution in [0, 0.1) is 0 Å². The normalized spacial score (nSPS) is 11.4. The number of thiophene rings is 1. The maximum atomic E-state index is 12.4. The minimum absolute atomic E-state index is 0.159. The first kappa shape index (κ1) is 21.8. The van der Waals surface area contributed by atoms with E-state index in [0.717, 1.165) is 9.35 Å². The van der Waals surface area contributed by atoms with Gasteiger partial charge in [-0.3, -0.25) is 19.2 Å². The summed E-state index contributed by atoms with van der Waals surface area (Å²) in [5, 5.41) is 5.11. The zero-order valence-electron chi connectivity index (χ0n) is 15.3. The van der Waals surface area contributed by atoms with Crippen LogP contribution >= 0.6 is 27.3 Å². The Morgan fingerprint density at radius 3 is 2.39 bits per heavy atom. The number of carbonyl (C=O) groups is 4. The third-order valence-electron chi connectivity index (χ3n) is 3.59. The van der Waals surface area contributed by atoms with Crippen molar-refractivity contribution in [2.75, 3.05) is 6.54 Å². The molecule has 1 heterocycles. The van der Waals surface area contributed by atoms with Crippen LogP contribution in [0.1, 0.15) is 38.8 Å². The molecule has 1 unspecified atom stereocenters. The van der Waals surface area contributed by atoms with Crippen molar-refractivity contribution < 1.29 is 23.9 Å². The fourth-order valence-corrected chi connectivity index (χ4v) is 3.40. The summed E-state index contributed by atoms with van der Waals surface area (Å²) in [5.74, 6) is -1.62. The number of hydrogen-bond acceptors (Lipinski definition) is 6. The molecule has 2 N–H and O–H groups in total. The van der Waals surface area contributed by atoms with Gasteiger partial charge in [-0.1, -0.05) is 15.9 Å². The summed E-state index contributed by atoms with van der Waals surface area (Å²) in [6, 6.07) is 10.0. The van der Waals surface area contributed by atoms with Gasteiger partial charge in [0.1, 0.15) is 6.54 Å². The van der Waals surface area contributed by atoms with E-state index in [9.17, 15) is 19.2 Å². The predicted molar refractivity (Wildman–Crippen MR) is 108 cm³/mol. The first-order valence-corrected chi connectivity index (χ1v) is 9.98. The van der Waals surface area contributed by atoms with Crippen molar-refractivity contribution in [1.82, 2.24) is 10.6 Å². The van der Waals surface area contributed by atoms with Crippen molar-refractivity contribution in [3.8, 4) is 0 Å². The van der Waals surface area contributed by atoms with Crippen LogP contribution in [0.2, 0.25) is 0 Å². The molecule has 1 atom stereocenters. The zero-order chi connectivity index (χ0) is 20.7. The van der Waals surface area contributed by atoms with Gasteiger partial charge >= 0.3 is 5.97 Å². The highest BCUT2D eigenvalue weighted by Crippen LogP contribution is 2.19. The van der Waals surface area contributed by atoms with Crippen molar-refractivity contribution in [3.63, 3.8) is 0 Å². The van der Waals surface area contributed by atoms with Crippen LogP contribution in [0.5, 0.6) is 0 Å². The smallest absolute Gasteiger partial charge is 0.326 e. The van der Waals surface area contributed by atoms with Crippen LogP contribution in [-0.2, 0) is 20.9 Å². The zero-order valence-corrected chi connectivity index (χ0v) is 17.7.